The summed E-state index contributed by atoms with van der Waals surface area (Å²) >= 11 is 0. The fraction of sp³-hybridized carbons (Fsp3) is 0.519. The molecule has 0 radical (unpaired) electrons. The van der Waals surface area contributed by atoms with Crippen LogP contribution in [0.15, 0.2) is 72.8 Å². The number of ether oxygens (including phenoxy) is 9. The van der Waals surface area contributed by atoms with Crippen molar-refractivity contribution in [2.24, 2.45) is 0 Å². The smallest absolute Gasteiger partial charge is 0.344 e. The van der Waals surface area contributed by atoms with Crippen LogP contribution in [-0.2, 0) is 99.6 Å². The molecule has 93 heavy (non-hydrogen) atoms. The Kier molecular flexibility index (Phi) is 22.8. The van der Waals surface area contributed by atoms with Crippen LogP contribution in [0.4, 0.5) is 0 Å². The molecule has 7 rings (SSSR count). The number of hydrogen-bond acceptors (Lipinski definition) is 12. The summed E-state index contributed by atoms with van der Waals surface area (Å²) in [4.78, 5) is 40.7. The van der Waals surface area contributed by atoms with Crippen molar-refractivity contribution in [3.8, 4) is 34.5 Å². The summed E-state index contributed by atoms with van der Waals surface area (Å²) in [5.41, 5.74) is 15.4. The Morgan fingerprint density at radius 3 is 0.527 bits per heavy atom. The molecule has 0 saturated carbocycles. The summed E-state index contributed by atoms with van der Waals surface area (Å²) in [5, 5.41) is 0. The lowest BCUT2D eigenvalue weighted by atomic mass is 9.79. The molecule has 1 aliphatic rings. The number of carbonyl (C=O) groups excluding carboxylic acids is 3. The highest BCUT2D eigenvalue weighted by atomic mass is 16.6. The van der Waals surface area contributed by atoms with Crippen molar-refractivity contribution in [1.82, 2.24) is 0 Å². The van der Waals surface area contributed by atoms with Crippen molar-refractivity contribution in [2.45, 2.75) is 216 Å². The normalized spacial score (nSPS) is 13.3. The van der Waals surface area contributed by atoms with Crippen molar-refractivity contribution >= 4 is 17.9 Å². The highest BCUT2D eigenvalue weighted by Gasteiger charge is 2.32. The first-order valence-corrected chi connectivity index (χ1v) is 33.3. The summed E-state index contributed by atoms with van der Waals surface area (Å²) in [6, 6.07) is 26.8. The summed E-state index contributed by atoms with van der Waals surface area (Å²) < 4.78 is 57.4. The Morgan fingerprint density at radius 1 is 0.269 bits per heavy atom. The lowest BCUT2D eigenvalue weighted by Gasteiger charge is -2.29. The first-order chi connectivity index (χ1) is 43.3. The number of rotatable bonds is 15. The maximum atomic E-state index is 13.6. The van der Waals surface area contributed by atoms with Crippen molar-refractivity contribution < 1.29 is 57.0 Å². The molecule has 6 aromatic rings. The van der Waals surface area contributed by atoms with Gasteiger partial charge < -0.3 is 42.6 Å². The minimum absolute atomic E-state index is 0.203. The van der Waals surface area contributed by atoms with Crippen molar-refractivity contribution in [2.75, 3.05) is 61.0 Å². The fourth-order valence-electron chi connectivity index (χ4n) is 12.3. The van der Waals surface area contributed by atoms with E-state index in [9.17, 15) is 14.4 Å². The van der Waals surface area contributed by atoms with Crippen LogP contribution in [0, 0.1) is 0 Å². The lowest BCUT2D eigenvalue weighted by Crippen LogP contribution is -2.19. The molecule has 0 aliphatic heterocycles. The maximum Gasteiger partial charge on any atom is 0.344 e. The highest BCUT2D eigenvalue weighted by Crippen LogP contribution is 2.46. The zero-order chi connectivity index (χ0) is 68.9. The monoisotopic (exact) mass is 1270 g/mol. The van der Waals surface area contributed by atoms with Gasteiger partial charge in [-0.15, -0.1) is 0 Å². The molecular formula is C81H108O12. The molecule has 12 heteroatoms. The SMILES string of the molecule is CCOC(=O)COc1c2cc(C(C)(C)C)cc1Cc1cc(C(C)(C)C)cc(c1OC)Cc1cc(C(C)(C)C)cc(c1OCC(=O)OCC)Cc1cc(C(C)(C)C)cc(c1OC)Cc1cc(C(C)(C)C)cc(c1OCC(=O)OCC)Cc1cc(C(C)(C)C)cc(c1OC)C2. The van der Waals surface area contributed by atoms with Crippen LogP contribution in [0.25, 0.3) is 0 Å². The Morgan fingerprint density at radius 2 is 0.409 bits per heavy atom. The molecule has 504 valence electrons. The fourth-order valence-corrected chi connectivity index (χ4v) is 12.3. The van der Waals surface area contributed by atoms with E-state index in [1.54, 1.807) is 42.1 Å². The zero-order valence-electron chi connectivity index (χ0n) is 60.8. The van der Waals surface area contributed by atoms with E-state index in [-0.39, 0.29) is 72.1 Å². The molecule has 0 N–H and O–H groups in total. The predicted molar refractivity (Wildman–Crippen MR) is 374 cm³/mol. The number of fused-ring (bicyclic) bond motifs is 12. The van der Waals surface area contributed by atoms with E-state index < -0.39 is 17.9 Å². The van der Waals surface area contributed by atoms with Gasteiger partial charge in [-0.25, -0.2) is 14.4 Å². The topological polar surface area (TPSA) is 134 Å². The van der Waals surface area contributed by atoms with Gasteiger partial charge in [0.15, 0.2) is 19.8 Å². The second kappa shape index (κ2) is 29.0. The molecular weight excluding hydrogens is 1160 g/mol. The van der Waals surface area contributed by atoms with E-state index >= 15 is 0 Å². The summed E-state index contributed by atoms with van der Waals surface area (Å²) in [6.45, 7) is 45.0. The second-order valence-corrected chi connectivity index (χ2v) is 31.2. The van der Waals surface area contributed by atoms with Gasteiger partial charge in [-0.05, 0) is 153 Å². The molecule has 0 fully saturated rings. The molecule has 0 heterocycles. The zero-order valence-corrected chi connectivity index (χ0v) is 60.8. The van der Waals surface area contributed by atoms with E-state index in [2.05, 4.69) is 197 Å². The highest BCUT2D eigenvalue weighted by molar-refractivity contribution is 5.73. The standard InChI is InChI=1S/C81H108O12/c1-25-88-67(82)46-91-73-55-28-49-34-61(76(4,5)6)36-51(70(49)85-22)30-57-42-65(80(16,17)18)44-59(74(57)92-47-68(83)89-26-2)32-53-38-63(78(10,11)12)39-54(72(53)87-24)33-60-45-66(81(19,20)21)43-58(75(60)93-48-69(84)90-27-3)31-52-37-62(77(7,8)9)35-50(71(52)86-23)29-56(73)41-64(40-55)79(13,14)15/h34-45H,25-33,46-48H2,1-24H3. The van der Waals surface area contributed by atoms with Crippen LogP contribution in [0.2, 0.25) is 0 Å². The van der Waals surface area contributed by atoms with Crippen LogP contribution in [0.5, 0.6) is 34.5 Å². The van der Waals surface area contributed by atoms with E-state index in [1.807, 2.05) is 0 Å². The van der Waals surface area contributed by atoms with E-state index in [0.29, 0.717) is 73.0 Å². The molecule has 1 aliphatic carbocycles. The molecule has 0 aromatic heterocycles. The number of esters is 3. The van der Waals surface area contributed by atoms with E-state index in [0.717, 1.165) is 100 Å². The Balaban J connectivity index is 1.72. The third-order valence-corrected chi connectivity index (χ3v) is 17.5. The average Bonchev–Trinajstić information content (AvgIpc) is 0.784. The van der Waals surface area contributed by atoms with Gasteiger partial charge >= 0.3 is 17.9 Å². The van der Waals surface area contributed by atoms with Gasteiger partial charge in [-0.1, -0.05) is 197 Å². The molecule has 0 atom stereocenters. The third kappa shape index (κ3) is 18.1. The summed E-state index contributed by atoms with van der Waals surface area (Å²) in [6.07, 6.45) is 2.20. The third-order valence-electron chi connectivity index (χ3n) is 17.5. The first-order valence-electron chi connectivity index (χ1n) is 33.3. The Labute approximate surface area is 557 Å². The minimum Gasteiger partial charge on any atom is -0.496 e. The minimum atomic E-state index is -0.478. The number of hydrogen-bond donors (Lipinski definition) is 0. The van der Waals surface area contributed by atoms with E-state index in [1.165, 1.54) is 0 Å². The molecule has 12 bridgehead atoms. The van der Waals surface area contributed by atoms with Crippen molar-refractivity contribution in [1.29, 1.82) is 0 Å². The largest absolute Gasteiger partial charge is 0.496 e. The first kappa shape index (κ1) is 72.9. The van der Waals surface area contributed by atoms with Gasteiger partial charge in [0, 0.05) is 38.5 Å². The second-order valence-electron chi connectivity index (χ2n) is 31.2. The predicted octanol–water partition coefficient (Wildman–Crippen LogP) is 17.2. The van der Waals surface area contributed by atoms with Gasteiger partial charge in [0.25, 0.3) is 0 Å². The maximum absolute atomic E-state index is 13.6. The van der Waals surface area contributed by atoms with Gasteiger partial charge in [0.2, 0.25) is 0 Å². The van der Waals surface area contributed by atoms with Crippen molar-refractivity contribution in [3.63, 3.8) is 0 Å². The molecule has 0 amide bonds. The molecule has 0 spiro atoms. The van der Waals surface area contributed by atoms with Gasteiger partial charge in [-0.3, -0.25) is 0 Å². The Bertz CT molecular complexity index is 3160. The van der Waals surface area contributed by atoms with Crippen LogP contribution in [0.3, 0.4) is 0 Å². The lowest BCUT2D eigenvalue weighted by molar-refractivity contribution is -0.146. The number of methoxy groups -OCH3 is 3. The Hall–Kier alpha value is -7.47. The van der Waals surface area contributed by atoms with Crippen LogP contribution in [0.1, 0.15) is 246 Å². The van der Waals surface area contributed by atoms with Crippen molar-refractivity contribution in [3.05, 3.63) is 173 Å². The quantitative estimate of drug-likeness (QED) is 0.0714. The van der Waals surface area contributed by atoms with Gasteiger partial charge in [0.1, 0.15) is 34.5 Å². The molecule has 6 aromatic carbocycles. The van der Waals surface area contributed by atoms with Crippen LogP contribution in [-0.4, -0.2) is 78.9 Å². The molecule has 0 unspecified atom stereocenters. The number of carbonyl (C=O) groups is 3. The van der Waals surface area contributed by atoms with E-state index in [4.69, 9.17) is 42.6 Å². The molecule has 0 saturated heterocycles. The average molecular weight is 1270 g/mol. The number of benzene rings is 6. The van der Waals surface area contributed by atoms with Gasteiger partial charge in [-0.2, -0.15) is 0 Å². The summed E-state index contributed by atoms with van der Waals surface area (Å²) in [5.74, 6) is 2.39. The molecule has 12 nitrogen and oxygen atoms in total. The van der Waals surface area contributed by atoms with Crippen LogP contribution < -0.4 is 28.4 Å². The van der Waals surface area contributed by atoms with Crippen LogP contribution >= 0.6 is 0 Å². The summed E-state index contributed by atoms with van der Waals surface area (Å²) in [7, 11) is 5.18. The van der Waals surface area contributed by atoms with Gasteiger partial charge in [0.05, 0.1) is 41.2 Å².